The number of rotatable bonds is 74. The summed E-state index contributed by atoms with van der Waals surface area (Å²) in [5, 5.41) is 107. The van der Waals surface area contributed by atoms with E-state index in [0.29, 0.717) is 109 Å². The largest absolute Gasteiger partial charge is 0.472 e. The lowest BCUT2D eigenvalue weighted by molar-refractivity contribution is -0.282. The molecule has 0 aromatic rings. The summed E-state index contributed by atoms with van der Waals surface area (Å²) in [6.07, 6.45) is -8.03. The summed E-state index contributed by atoms with van der Waals surface area (Å²) < 4.78 is 130. The lowest BCUT2D eigenvalue weighted by Crippen LogP contribution is -2.59. The number of ketones is 5. The van der Waals surface area contributed by atoms with Crippen molar-refractivity contribution in [1.82, 2.24) is 15.5 Å². The van der Waals surface area contributed by atoms with E-state index in [1.54, 1.807) is 34.6 Å². The number of β-amino-alcohol motifs (C(OH)–C–C–N with tert-alkyl or cyclic N) is 1. The Morgan fingerprint density at radius 1 is 0.434 bits per heavy atom. The number of methoxy groups -OCH3 is 1. The Kier molecular flexibility index (Phi) is 56.5. The number of carbonyl (C=O) groups excluding carboxylic acids is 8. The SMILES string of the molecule is C=P(O)(OC)OC[C@H]1O[C@@H](C)[C@H](OCCOC)[C@@H]1OP(=O)(O)OC[C@H]1O[C@@H](C)C[C@@H]1OP(=O)(O)OC[C@@H]1C[C@@H](O)CN1C(=O)CC(=O)NC(COCCC(=O)CCCCCC(=O)CCCCO[C@@H]1OC(CO)[C@H](O)[C@H](O)C1C)(COCCC(=O)CCCCCC(=O)CCCCO[C@@H]1OC(CO)[C@H](O)[C@H](O)C1C)COCCC(=O)NCCCCC(=O)CCCCO[C@@H]1CC(CO)[C@H](O)[C@H](O)C1C. The minimum atomic E-state index is -5.16. The molecule has 3 amide bonds. The van der Waals surface area contributed by atoms with Gasteiger partial charge in [0.1, 0.15) is 95.8 Å². The van der Waals surface area contributed by atoms with Crippen LogP contribution in [-0.4, -0.2) is 391 Å². The Labute approximate surface area is 797 Å². The summed E-state index contributed by atoms with van der Waals surface area (Å²) in [5.74, 6) is -4.50. The number of phosphoric acid groups is 2. The molecule has 9 unspecified atom stereocenters. The zero-order valence-corrected chi connectivity index (χ0v) is 82.7. The molecule has 6 rings (SSSR count). The molecule has 0 radical (unpaired) electrons. The number of hydrogen-bond acceptors (Lipinski definition) is 39. The van der Waals surface area contributed by atoms with Gasteiger partial charge in [0.25, 0.3) is 0 Å². The van der Waals surface area contributed by atoms with Crippen molar-refractivity contribution in [1.29, 1.82) is 0 Å². The lowest BCUT2D eigenvalue weighted by atomic mass is 9.77. The molecule has 0 aromatic heterocycles. The van der Waals surface area contributed by atoms with E-state index >= 15 is 0 Å². The van der Waals surface area contributed by atoms with Crippen molar-refractivity contribution in [3.8, 4) is 0 Å². The molecule has 1 aliphatic carbocycles. The number of aliphatic hydroxyl groups excluding tert-OH is 10. The topological polar surface area (TPSA) is 627 Å². The first kappa shape index (κ1) is 121. The summed E-state index contributed by atoms with van der Waals surface area (Å²) in [6, 6.07) is -1.14. The van der Waals surface area contributed by atoms with Gasteiger partial charge in [-0.1, -0.05) is 33.6 Å². The second kappa shape index (κ2) is 63.5. The van der Waals surface area contributed by atoms with Crippen LogP contribution < -0.4 is 10.6 Å². The maximum atomic E-state index is 14.6. The van der Waals surface area contributed by atoms with Crippen molar-refractivity contribution in [2.24, 2.45) is 23.7 Å². The van der Waals surface area contributed by atoms with Gasteiger partial charge in [-0.25, -0.2) is 9.13 Å². The molecule has 1 saturated carbocycles. The fourth-order valence-corrected chi connectivity index (χ4v) is 19.4. The molecule has 47 heteroatoms. The highest BCUT2D eigenvalue weighted by Gasteiger charge is 2.51. The average molecular weight is 2020 g/mol. The van der Waals surface area contributed by atoms with Crippen LogP contribution in [0.3, 0.4) is 0 Å². The van der Waals surface area contributed by atoms with Gasteiger partial charge >= 0.3 is 15.6 Å². The molecule has 136 heavy (non-hydrogen) atoms. The number of Topliss-reactive ketones (excluding diaryl/α,β-unsaturated/α-hetero) is 5. The van der Waals surface area contributed by atoms with Crippen molar-refractivity contribution in [2.75, 3.05) is 140 Å². The maximum Gasteiger partial charge on any atom is 0.472 e. The first-order valence-corrected chi connectivity index (χ1v) is 52.8. The molecule has 6 fully saturated rings. The molecule has 0 spiro atoms. The van der Waals surface area contributed by atoms with Crippen LogP contribution >= 0.6 is 23.2 Å². The predicted octanol–water partition coefficient (Wildman–Crippen LogP) is 2.75. The quantitative estimate of drug-likeness (QED) is 0.0236. The molecule has 5 aliphatic heterocycles. The Bertz CT molecular complexity index is 3440. The number of carbonyl (C=O) groups is 8. The summed E-state index contributed by atoms with van der Waals surface area (Å²) in [4.78, 5) is 141. The zero-order valence-electron chi connectivity index (χ0n) is 80.0. The molecule has 44 nitrogen and oxygen atoms in total. The van der Waals surface area contributed by atoms with Gasteiger partial charge in [-0.2, -0.15) is 0 Å². The van der Waals surface area contributed by atoms with E-state index in [2.05, 4.69) is 16.9 Å². The highest BCUT2D eigenvalue weighted by atomic mass is 31.2. The molecule has 5 saturated heterocycles. The van der Waals surface area contributed by atoms with Crippen LogP contribution in [-0.2, 0) is 131 Å². The van der Waals surface area contributed by atoms with Crippen molar-refractivity contribution < 1.29 is 197 Å². The summed E-state index contributed by atoms with van der Waals surface area (Å²) in [6.45, 7) is 3.98. The van der Waals surface area contributed by atoms with Gasteiger partial charge in [0.2, 0.25) is 25.3 Å². The third-order valence-corrected chi connectivity index (χ3v) is 28.4. The Morgan fingerprint density at radius 2 is 0.897 bits per heavy atom. The number of aliphatic hydroxyl groups is 10. The number of amides is 3. The van der Waals surface area contributed by atoms with Crippen LogP contribution in [0.15, 0.2) is 0 Å². The number of likely N-dealkylation sites (tertiary alicyclic amines) is 1. The lowest BCUT2D eigenvalue weighted by Gasteiger charge is -2.40. The first-order valence-electron chi connectivity index (χ1n) is 48.0. The molecule has 790 valence electrons. The van der Waals surface area contributed by atoms with Gasteiger partial charge in [-0.15, -0.1) is 0 Å². The Morgan fingerprint density at radius 3 is 1.40 bits per heavy atom. The summed E-state index contributed by atoms with van der Waals surface area (Å²) in [5.41, 5.74) is -1.73. The third-order valence-electron chi connectivity index (χ3n) is 25.3. The highest BCUT2D eigenvalue weighted by Crippen LogP contribution is 2.52. The standard InChI is InChI=1S/C89H158N3O41P3/c1-57-43-71(74(128-57)52-127-136(114,115)133-86-75(53-125-134(8,111)117-7)129-61(5)85(86)122-42-41-116-6)132-135(112,113)126-51-63-45-69(101)47-92(63)78(104)46-77(103)91-89(54-118-38-31-67(99)25-13-9-11-23-64(96)29-17-21-36-123-87-59(3)80(106)83(109)72(49-94)130-87,55-119-39-32-68(100)26-14-10-12-24-65(97)30-18-22-37-124-88-60(4)81(107)84(110)73(50-95)131-88)56-120-40-33-76(102)90-34-19-15-27-66(98)28-16-20-35-121-70-44-62(48-93)82(108)79(105)58(70)2/h57-63,69-75,79-88,93-95,101,105-111H,8-56H2,1-7H3,(H,90,102)(H,91,103)(H,112,113)(H,114,115)/t57-,58?,59?,60?,61-,62?,63-,69+,70+,71-,72?,73?,74+,75+,79+,80+,81+,82-,83-,84-,85-,86+,87+,88+,89?,134?/m0/s1. The van der Waals surface area contributed by atoms with E-state index in [1.165, 1.54) is 14.2 Å². The number of hydrogen-bond donors (Lipinski definition) is 15. The van der Waals surface area contributed by atoms with E-state index < -0.39 is 240 Å². The van der Waals surface area contributed by atoms with Gasteiger partial charge in [0.15, 0.2) is 12.6 Å². The Balaban J connectivity index is 1.07. The number of phosphoric ester groups is 2. The molecule has 0 bridgehead atoms. The fourth-order valence-electron chi connectivity index (χ4n) is 17.0. The van der Waals surface area contributed by atoms with E-state index in [9.17, 15) is 113 Å². The molecule has 27 atom stereocenters. The third kappa shape index (κ3) is 43.7. The van der Waals surface area contributed by atoms with Crippen LogP contribution in [0.1, 0.15) is 221 Å². The van der Waals surface area contributed by atoms with Gasteiger partial charge in [0, 0.05) is 154 Å². The molecule has 5 heterocycles. The van der Waals surface area contributed by atoms with Crippen LogP contribution in [0.4, 0.5) is 0 Å². The van der Waals surface area contributed by atoms with Crippen LogP contribution in [0.2, 0.25) is 0 Å². The predicted molar refractivity (Wildman–Crippen MR) is 485 cm³/mol. The minimum Gasteiger partial charge on any atom is -0.396 e. The van der Waals surface area contributed by atoms with E-state index in [4.69, 9.17) is 84.0 Å². The highest BCUT2D eigenvalue weighted by molar-refractivity contribution is 7.58. The van der Waals surface area contributed by atoms with Gasteiger partial charge in [0.05, 0.1) is 141 Å². The van der Waals surface area contributed by atoms with Crippen molar-refractivity contribution in [3.05, 3.63) is 0 Å². The normalized spacial score (nSPS) is 30.5. The van der Waals surface area contributed by atoms with E-state index in [1.807, 2.05) is 0 Å². The van der Waals surface area contributed by atoms with Crippen molar-refractivity contribution >= 4 is 76.1 Å². The Hall–Kier alpha value is -3.72. The van der Waals surface area contributed by atoms with Crippen molar-refractivity contribution in [2.45, 2.75) is 349 Å². The molecule has 15 N–H and O–H groups in total. The van der Waals surface area contributed by atoms with Gasteiger partial charge < -0.3 is 147 Å². The summed E-state index contributed by atoms with van der Waals surface area (Å²) >= 11 is 0. The monoisotopic (exact) mass is 2020 g/mol. The van der Waals surface area contributed by atoms with Crippen LogP contribution in [0, 0.1) is 23.7 Å². The van der Waals surface area contributed by atoms with E-state index in [-0.39, 0.29) is 184 Å². The van der Waals surface area contributed by atoms with Gasteiger partial charge in [-0.05, 0) is 110 Å². The van der Waals surface area contributed by atoms with Crippen LogP contribution in [0.25, 0.3) is 0 Å². The second-order valence-electron chi connectivity index (χ2n) is 36.6. The zero-order chi connectivity index (χ0) is 100. The average Bonchev–Trinajstić information content (AvgIpc) is 1.24. The van der Waals surface area contributed by atoms with E-state index in [0.717, 1.165) is 4.90 Å². The smallest absolute Gasteiger partial charge is 0.396 e. The number of unbranched alkanes of at least 4 members (excludes halogenated alkanes) is 8. The molecular weight excluding hydrogens is 1860 g/mol. The summed E-state index contributed by atoms with van der Waals surface area (Å²) in [7, 11) is -11.2. The number of nitrogens with zero attached hydrogens (tertiary/aromatic N) is 1. The van der Waals surface area contributed by atoms with Crippen molar-refractivity contribution in [3.63, 3.8) is 0 Å². The fraction of sp³-hybridized carbons (Fsp3) is 0.899. The second-order valence-corrected chi connectivity index (χ2v) is 41.3. The van der Waals surface area contributed by atoms with Gasteiger partial charge in [-0.3, -0.25) is 56.5 Å². The number of nitrogens with one attached hydrogen (secondary N) is 2. The minimum absolute atomic E-state index is 0.0225. The maximum absolute atomic E-state index is 14.6. The number of ether oxygens (including phenoxy) is 12. The first-order chi connectivity index (χ1) is 64.7. The molecule has 6 aliphatic rings. The molecular formula is C89H158N3O41P3. The molecule has 0 aromatic carbocycles. The van der Waals surface area contributed by atoms with Crippen LogP contribution in [0.5, 0.6) is 0 Å².